The molecule has 0 amide bonds. The van der Waals surface area contributed by atoms with Gasteiger partial charge in [-0.3, -0.25) is 0 Å². The predicted molar refractivity (Wildman–Crippen MR) is 73.5 cm³/mol. The van der Waals surface area contributed by atoms with Crippen LogP contribution >= 0.6 is 15.9 Å². The molecule has 1 aromatic carbocycles. The van der Waals surface area contributed by atoms with E-state index in [0.717, 1.165) is 27.5 Å². The van der Waals surface area contributed by atoms with Crippen molar-refractivity contribution >= 4 is 26.8 Å². The highest BCUT2D eigenvalue weighted by Gasteiger charge is 2.15. The van der Waals surface area contributed by atoms with Crippen molar-refractivity contribution in [1.29, 1.82) is 5.26 Å². The Morgan fingerprint density at radius 2 is 2.18 bits per heavy atom. The lowest BCUT2D eigenvalue weighted by Gasteiger charge is -2.19. The van der Waals surface area contributed by atoms with Crippen molar-refractivity contribution in [2.75, 3.05) is 0 Å². The first kappa shape index (κ1) is 12.2. The maximum Gasteiger partial charge on any atom is 0.101 e. The van der Waals surface area contributed by atoms with Crippen molar-refractivity contribution in [2.24, 2.45) is 5.41 Å². The van der Waals surface area contributed by atoms with Crippen LogP contribution in [-0.2, 0) is 6.54 Å². The summed E-state index contributed by atoms with van der Waals surface area (Å²) in [6, 6.07) is 8.22. The zero-order chi connectivity index (χ0) is 12.6. The molecule has 2 aromatic rings. The monoisotopic (exact) mass is 289 g/mol. The lowest BCUT2D eigenvalue weighted by Crippen LogP contribution is -2.14. The Morgan fingerprint density at radius 3 is 2.76 bits per heavy atom. The smallest absolute Gasteiger partial charge is 0.101 e. The molecule has 0 unspecified atom stereocenters. The molecule has 0 aliphatic heterocycles. The first-order chi connectivity index (χ1) is 7.90. The maximum atomic E-state index is 9.13. The van der Waals surface area contributed by atoms with Gasteiger partial charge >= 0.3 is 0 Å². The standard InChI is InChI=1S/C14H14BrN2/c1-14(2,3)9-17-8-10(7-16)12-5-4-11(15)6-13(12)17/h4-6,8H,1,9H2,2-3H3. The summed E-state index contributed by atoms with van der Waals surface area (Å²) in [5, 5.41) is 10.1. The van der Waals surface area contributed by atoms with Crippen LogP contribution in [-0.4, -0.2) is 4.57 Å². The van der Waals surface area contributed by atoms with Crippen molar-refractivity contribution in [3.8, 4) is 6.07 Å². The average Bonchev–Trinajstić information content (AvgIpc) is 2.54. The van der Waals surface area contributed by atoms with E-state index in [1.165, 1.54) is 0 Å². The van der Waals surface area contributed by atoms with Crippen LogP contribution in [0.25, 0.3) is 10.9 Å². The van der Waals surface area contributed by atoms with E-state index in [4.69, 9.17) is 5.26 Å². The van der Waals surface area contributed by atoms with Gasteiger partial charge in [0.15, 0.2) is 0 Å². The lowest BCUT2D eigenvalue weighted by atomic mass is 9.97. The molecule has 0 bridgehead atoms. The Hall–Kier alpha value is -1.27. The molecule has 2 nitrogen and oxygen atoms in total. The highest BCUT2D eigenvalue weighted by Crippen LogP contribution is 2.27. The van der Waals surface area contributed by atoms with Crippen LogP contribution in [0.4, 0.5) is 0 Å². The molecule has 0 saturated carbocycles. The summed E-state index contributed by atoms with van der Waals surface area (Å²) < 4.78 is 3.13. The fraction of sp³-hybridized carbons (Fsp3) is 0.286. The van der Waals surface area contributed by atoms with Gasteiger partial charge in [0.2, 0.25) is 0 Å². The molecule has 17 heavy (non-hydrogen) atoms. The van der Waals surface area contributed by atoms with Crippen molar-refractivity contribution in [2.45, 2.75) is 20.4 Å². The number of fused-ring (bicyclic) bond motifs is 1. The zero-order valence-corrected chi connectivity index (χ0v) is 11.6. The minimum Gasteiger partial charge on any atom is -0.346 e. The van der Waals surface area contributed by atoms with E-state index < -0.39 is 0 Å². The summed E-state index contributed by atoms with van der Waals surface area (Å²) in [4.78, 5) is 0. The average molecular weight is 290 g/mol. The lowest BCUT2D eigenvalue weighted by molar-refractivity contribution is 0.399. The van der Waals surface area contributed by atoms with E-state index in [1.807, 2.05) is 24.4 Å². The molecule has 87 valence electrons. The van der Waals surface area contributed by atoms with E-state index in [-0.39, 0.29) is 5.41 Å². The molecule has 0 aliphatic rings. The molecule has 0 spiro atoms. The number of rotatable bonds is 2. The highest BCUT2D eigenvalue weighted by atomic mass is 79.9. The molecule has 0 saturated heterocycles. The van der Waals surface area contributed by atoms with Gasteiger partial charge < -0.3 is 4.57 Å². The van der Waals surface area contributed by atoms with Gasteiger partial charge in [0, 0.05) is 22.6 Å². The third-order valence-corrected chi connectivity index (χ3v) is 3.06. The fourth-order valence-corrected chi connectivity index (χ4v) is 2.30. The fourth-order valence-electron chi connectivity index (χ4n) is 1.95. The van der Waals surface area contributed by atoms with Crippen molar-refractivity contribution in [3.63, 3.8) is 0 Å². The Bertz CT molecular complexity index is 597. The van der Waals surface area contributed by atoms with Gasteiger partial charge in [0.1, 0.15) is 6.07 Å². The molecule has 0 N–H and O–H groups in total. The van der Waals surface area contributed by atoms with E-state index in [9.17, 15) is 0 Å². The van der Waals surface area contributed by atoms with E-state index in [2.05, 4.69) is 47.3 Å². The van der Waals surface area contributed by atoms with Crippen molar-refractivity contribution in [1.82, 2.24) is 4.57 Å². The summed E-state index contributed by atoms with van der Waals surface area (Å²) in [6.07, 6.45) is 1.91. The summed E-state index contributed by atoms with van der Waals surface area (Å²) in [7, 11) is 0. The van der Waals surface area contributed by atoms with Gasteiger partial charge in [0.05, 0.1) is 11.1 Å². The number of hydrogen-bond acceptors (Lipinski definition) is 1. The van der Waals surface area contributed by atoms with Gasteiger partial charge in [-0.15, -0.1) is 0 Å². The quantitative estimate of drug-likeness (QED) is 0.817. The summed E-state index contributed by atoms with van der Waals surface area (Å²) >= 11 is 3.47. The van der Waals surface area contributed by atoms with Gasteiger partial charge in [-0.2, -0.15) is 5.26 Å². The number of nitriles is 1. The van der Waals surface area contributed by atoms with Crippen LogP contribution in [0.1, 0.15) is 19.4 Å². The summed E-state index contributed by atoms with van der Waals surface area (Å²) in [5.41, 5.74) is 1.74. The minimum absolute atomic E-state index is 0.0546. The second-order valence-corrected chi connectivity index (χ2v) is 6.02. The van der Waals surface area contributed by atoms with Crippen LogP contribution in [0.15, 0.2) is 28.9 Å². The first-order valence-electron chi connectivity index (χ1n) is 5.44. The minimum atomic E-state index is -0.0546. The van der Waals surface area contributed by atoms with Crippen LogP contribution < -0.4 is 0 Å². The Balaban J connectivity index is 2.64. The number of halogens is 1. The first-order valence-corrected chi connectivity index (χ1v) is 6.24. The molecule has 0 fully saturated rings. The Kier molecular flexibility index (Phi) is 3.01. The second kappa shape index (κ2) is 4.19. The molecule has 1 heterocycles. The van der Waals surface area contributed by atoms with Crippen LogP contribution in [0, 0.1) is 23.7 Å². The van der Waals surface area contributed by atoms with E-state index in [0.29, 0.717) is 0 Å². The van der Waals surface area contributed by atoms with Gasteiger partial charge in [-0.1, -0.05) is 35.8 Å². The van der Waals surface area contributed by atoms with Crippen LogP contribution in [0.5, 0.6) is 0 Å². The summed E-state index contributed by atoms with van der Waals surface area (Å²) in [6.45, 7) is 9.08. The third kappa shape index (κ3) is 2.53. The number of hydrogen-bond donors (Lipinski definition) is 0. The molecule has 0 atom stereocenters. The van der Waals surface area contributed by atoms with E-state index >= 15 is 0 Å². The molecule has 0 aliphatic carbocycles. The zero-order valence-electron chi connectivity index (χ0n) is 10.00. The summed E-state index contributed by atoms with van der Waals surface area (Å²) in [5.74, 6) is 0. The van der Waals surface area contributed by atoms with Gasteiger partial charge in [-0.05, 0) is 24.5 Å². The van der Waals surface area contributed by atoms with Crippen molar-refractivity contribution in [3.05, 3.63) is 41.4 Å². The molecule has 1 radical (unpaired) electrons. The second-order valence-electron chi connectivity index (χ2n) is 5.11. The van der Waals surface area contributed by atoms with Gasteiger partial charge in [0.25, 0.3) is 0 Å². The number of nitrogens with zero attached hydrogens (tertiary/aromatic N) is 2. The molecule has 2 rings (SSSR count). The van der Waals surface area contributed by atoms with Crippen LogP contribution in [0.3, 0.4) is 0 Å². The maximum absolute atomic E-state index is 9.13. The highest BCUT2D eigenvalue weighted by molar-refractivity contribution is 9.10. The number of aromatic nitrogens is 1. The Labute approximate surface area is 110 Å². The molecule has 1 aromatic heterocycles. The van der Waals surface area contributed by atoms with Crippen LogP contribution in [0.2, 0.25) is 0 Å². The number of benzene rings is 1. The Morgan fingerprint density at radius 1 is 1.47 bits per heavy atom. The van der Waals surface area contributed by atoms with Gasteiger partial charge in [-0.25, -0.2) is 0 Å². The third-order valence-electron chi connectivity index (χ3n) is 2.56. The molecular weight excluding hydrogens is 276 g/mol. The largest absolute Gasteiger partial charge is 0.346 e. The SMILES string of the molecule is [CH2]C(C)(C)Cn1cc(C#N)c2ccc(Br)cc21. The van der Waals surface area contributed by atoms with Crippen molar-refractivity contribution < 1.29 is 0 Å². The predicted octanol–water partition coefficient (Wildman–Crippen LogP) is 4.14. The molecule has 3 heteroatoms. The van der Waals surface area contributed by atoms with E-state index in [1.54, 1.807) is 0 Å². The normalized spacial score (nSPS) is 11.7. The molecular formula is C14H14BrN2. The topological polar surface area (TPSA) is 28.7 Å².